The number of benzene rings is 2. The summed E-state index contributed by atoms with van der Waals surface area (Å²) < 4.78 is 12.9. The summed E-state index contributed by atoms with van der Waals surface area (Å²) in [6, 6.07) is 10.8. The Morgan fingerprint density at radius 2 is 2.15 bits per heavy atom. The maximum Gasteiger partial charge on any atom is 0.255 e. The maximum absolute atomic E-state index is 12.6. The molecule has 1 amide bonds. The predicted octanol–water partition coefficient (Wildman–Crippen LogP) is 4.84. The number of ether oxygens (including phenoxy) is 2. The molecule has 1 heterocycles. The third-order valence-electron chi connectivity index (χ3n) is 3.58. The molecule has 0 aliphatic carbocycles. The van der Waals surface area contributed by atoms with Crippen LogP contribution in [-0.2, 0) is 0 Å². The average Bonchev–Trinajstić information content (AvgIpc) is 3.08. The van der Waals surface area contributed by atoms with Gasteiger partial charge in [0.25, 0.3) is 5.91 Å². The van der Waals surface area contributed by atoms with Gasteiger partial charge in [0.05, 0.1) is 17.3 Å². The van der Waals surface area contributed by atoms with Crippen molar-refractivity contribution in [2.45, 2.75) is 4.34 Å². The van der Waals surface area contributed by atoms with Gasteiger partial charge in [-0.05, 0) is 42.7 Å². The van der Waals surface area contributed by atoms with Crippen molar-refractivity contribution in [1.82, 2.24) is 4.98 Å². The minimum atomic E-state index is -0.215. The Morgan fingerprint density at radius 3 is 2.88 bits per heavy atom. The number of amides is 1. The molecule has 0 saturated carbocycles. The van der Waals surface area contributed by atoms with Gasteiger partial charge in [-0.2, -0.15) is 0 Å². The number of methoxy groups -OCH3 is 1. The van der Waals surface area contributed by atoms with E-state index in [9.17, 15) is 4.79 Å². The Balaban J connectivity index is 1.79. The van der Waals surface area contributed by atoms with Gasteiger partial charge in [-0.3, -0.25) is 4.79 Å². The number of aromatic nitrogens is 1. The van der Waals surface area contributed by atoms with Crippen molar-refractivity contribution in [3.05, 3.63) is 54.6 Å². The normalized spacial score (nSPS) is 10.5. The molecule has 26 heavy (non-hydrogen) atoms. The van der Waals surface area contributed by atoms with E-state index in [0.29, 0.717) is 23.7 Å². The van der Waals surface area contributed by atoms with Crippen molar-refractivity contribution in [1.29, 1.82) is 0 Å². The van der Waals surface area contributed by atoms with Crippen LogP contribution < -0.4 is 14.8 Å². The second kappa shape index (κ2) is 8.25. The molecule has 134 valence electrons. The summed E-state index contributed by atoms with van der Waals surface area (Å²) in [5.74, 6) is 0.856. The number of thioether (sulfide) groups is 1. The number of nitrogens with zero attached hydrogens (tertiary/aromatic N) is 1. The zero-order valence-electron chi connectivity index (χ0n) is 14.4. The summed E-state index contributed by atoms with van der Waals surface area (Å²) in [5, 5.41) is 2.91. The molecule has 0 aliphatic rings. The highest BCUT2D eigenvalue weighted by atomic mass is 32.2. The number of rotatable bonds is 7. The molecule has 0 bridgehead atoms. The summed E-state index contributed by atoms with van der Waals surface area (Å²) in [6.45, 7) is 3.99. The van der Waals surface area contributed by atoms with Gasteiger partial charge in [0.2, 0.25) is 0 Å². The third-order valence-corrected chi connectivity index (χ3v) is 5.59. The first-order valence-electron chi connectivity index (χ1n) is 7.82. The lowest BCUT2D eigenvalue weighted by atomic mass is 10.2. The van der Waals surface area contributed by atoms with Crippen LogP contribution in [0.2, 0.25) is 0 Å². The van der Waals surface area contributed by atoms with E-state index in [1.54, 1.807) is 54.5 Å². The Morgan fingerprint density at radius 1 is 1.31 bits per heavy atom. The van der Waals surface area contributed by atoms with Gasteiger partial charge < -0.3 is 14.8 Å². The van der Waals surface area contributed by atoms with Crippen LogP contribution in [0, 0.1) is 0 Å². The Hall–Kier alpha value is -2.51. The molecule has 3 rings (SSSR count). The second-order valence-electron chi connectivity index (χ2n) is 5.29. The predicted molar refractivity (Wildman–Crippen MR) is 108 cm³/mol. The van der Waals surface area contributed by atoms with Gasteiger partial charge in [-0.1, -0.05) is 24.4 Å². The van der Waals surface area contributed by atoms with Crippen LogP contribution in [0.3, 0.4) is 0 Å². The summed E-state index contributed by atoms with van der Waals surface area (Å²) >= 11 is 3.22. The number of fused-ring (bicyclic) bond motifs is 1. The number of hydrogen-bond donors (Lipinski definition) is 1. The molecule has 7 heteroatoms. The minimum Gasteiger partial charge on any atom is -0.493 e. The molecule has 5 nitrogen and oxygen atoms in total. The van der Waals surface area contributed by atoms with Crippen molar-refractivity contribution >= 4 is 44.9 Å². The van der Waals surface area contributed by atoms with E-state index in [1.807, 2.05) is 24.5 Å². The zero-order valence-corrected chi connectivity index (χ0v) is 16.1. The molecule has 0 atom stereocenters. The monoisotopic (exact) mass is 386 g/mol. The molecular formula is C19H18N2O3S2. The van der Waals surface area contributed by atoms with Crippen molar-refractivity contribution in [3.63, 3.8) is 0 Å². The third kappa shape index (κ3) is 4.00. The molecule has 1 N–H and O–H groups in total. The molecule has 0 saturated heterocycles. The number of carbonyl (C=O) groups is 1. The molecular weight excluding hydrogens is 368 g/mol. The van der Waals surface area contributed by atoms with Crippen LogP contribution in [0.4, 0.5) is 5.69 Å². The fourth-order valence-electron chi connectivity index (χ4n) is 2.35. The van der Waals surface area contributed by atoms with Crippen LogP contribution in [0.1, 0.15) is 10.4 Å². The standard InChI is InChI=1S/C19H18N2O3S2/c1-4-9-24-15-8-5-12(10-16(15)23-2)18(22)20-13-6-7-14-17(11-13)26-19(21-14)25-3/h4-8,10-11H,1,9H2,2-3H3,(H,20,22). The number of thiazole rings is 1. The number of nitrogens with one attached hydrogen (secondary N) is 1. The van der Waals surface area contributed by atoms with E-state index >= 15 is 0 Å². The number of anilines is 1. The minimum absolute atomic E-state index is 0.215. The zero-order chi connectivity index (χ0) is 18.5. The van der Waals surface area contributed by atoms with Crippen LogP contribution in [0.5, 0.6) is 11.5 Å². The molecule has 0 radical (unpaired) electrons. The fraction of sp³-hybridized carbons (Fsp3) is 0.158. The lowest BCUT2D eigenvalue weighted by molar-refractivity contribution is 0.102. The van der Waals surface area contributed by atoms with E-state index in [4.69, 9.17) is 9.47 Å². The summed E-state index contributed by atoms with van der Waals surface area (Å²) in [6.07, 6.45) is 3.65. The number of carbonyl (C=O) groups excluding carboxylic acids is 1. The Kier molecular flexibility index (Phi) is 5.80. The van der Waals surface area contributed by atoms with Gasteiger partial charge in [-0.15, -0.1) is 11.3 Å². The molecule has 0 aliphatic heterocycles. The number of hydrogen-bond acceptors (Lipinski definition) is 6. The average molecular weight is 386 g/mol. The highest BCUT2D eigenvalue weighted by Crippen LogP contribution is 2.31. The highest BCUT2D eigenvalue weighted by molar-refractivity contribution is 8.00. The first-order valence-corrected chi connectivity index (χ1v) is 9.86. The van der Waals surface area contributed by atoms with Gasteiger partial charge in [0, 0.05) is 11.3 Å². The molecule has 0 fully saturated rings. The quantitative estimate of drug-likeness (QED) is 0.465. The van der Waals surface area contributed by atoms with E-state index in [2.05, 4.69) is 16.9 Å². The van der Waals surface area contributed by atoms with E-state index in [0.717, 1.165) is 20.2 Å². The SMILES string of the molecule is C=CCOc1ccc(C(=O)Nc2ccc3nc(SC)sc3c2)cc1OC. The van der Waals surface area contributed by atoms with Gasteiger partial charge in [0.15, 0.2) is 15.8 Å². The van der Waals surface area contributed by atoms with Crippen molar-refractivity contribution in [2.24, 2.45) is 0 Å². The van der Waals surface area contributed by atoms with Crippen molar-refractivity contribution in [3.8, 4) is 11.5 Å². The lowest BCUT2D eigenvalue weighted by Gasteiger charge is -2.11. The summed E-state index contributed by atoms with van der Waals surface area (Å²) in [5.41, 5.74) is 2.15. The summed E-state index contributed by atoms with van der Waals surface area (Å²) in [4.78, 5) is 17.1. The Labute approximate surface area is 160 Å². The maximum atomic E-state index is 12.6. The van der Waals surface area contributed by atoms with Crippen LogP contribution >= 0.6 is 23.1 Å². The van der Waals surface area contributed by atoms with E-state index < -0.39 is 0 Å². The van der Waals surface area contributed by atoms with Gasteiger partial charge in [-0.25, -0.2) is 4.98 Å². The molecule has 3 aromatic rings. The van der Waals surface area contributed by atoms with Gasteiger partial charge in [0.1, 0.15) is 6.61 Å². The topological polar surface area (TPSA) is 60.5 Å². The largest absolute Gasteiger partial charge is 0.493 e. The van der Waals surface area contributed by atoms with E-state index in [1.165, 1.54) is 0 Å². The first-order chi connectivity index (χ1) is 12.6. The molecule has 2 aromatic carbocycles. The first kappa shape index (κ1) is 18.3. The fourth-order valence-corrected chi connectivity index (χ4v) is 3.88. The molecule has 0 spiro atoms. The van der Waals surface area contributed by atoms with Crippen molar-refractivity contribution < 1.29 is 14.3 Å². The highest BCUT2D eigenvalue weighted by Gasteiger charge is 2.12. The van der Waals surface area contributed by atoms with Gasteiger partial charge >= 0.3 is 0 Å². The van der Waals surface area contributed by atoms with Crippen LogP contribution in [0.15, 0.2) is 53.4 Å². The van der Waals surface area contributed by atoms with Crippen molar-refractivity contribution in [2.75, 3.05) is 25.3 Å². The molecule has 1 aromatic heterocycles. The van der Waals surface area contributed by atoms with Crippen LogP contribution in [0.25, 0.3) is 10.2 Å². The Bertz CT molecular complexity index is 953. The van der Waals surface area contributed by atoms with Crippen LogP contribution in [-0.4, -0.2) is 30.9 Å². The second-order valence-corrected chi connectivity index (χ2v) is 7.37. The lowest BCUT2D eigenvalue weighted by Crippen LogP contribution is -2.12. The van der Waals surface area contributed by atoms with E-state index in [-0.39, 0.29) is 5.91 Å². The molecule has 0 unspecified atom stereocenters. The summed E-state index contributed by atoms with van der Waals surface area (Å²) in [7, 11) is 1.54. The smallest absolute Gasteiger partial charge is 0.255 e.